The number of fused-ring (bicyclic) bond motifs is 1. The van der Waals surface area contributed by atoms with Crippen LogP contribution in [0.3, 0.4) is 0 Å². The highest BCUT2D eigenvalue weighted by atomic mass is 16.4. The van der Waals surface area contributed by atoms with Crippen molar-refractivity contribution in [3.05, 3.63) is 47.8 Å². The standard InChI is InChI=1S/C14H13N3O3/c1-16-7-6-10(15-16)13(18)17-11-5-3-2-4-9(11)8-12(17)14(19)20/h2-7,12H,8H2,1H3,(H,19,20)/t12-/m0/s1. The summed E-state index contributed by atoms with van der Waals surface area (Å²) in [6, 6.07) is 7.95. The second-order valence-corrected chi connectivity index (χ2v) is 4.74. The van der Waals surface area contributed by atoms with Crippen LogP contribution in [0.4, 0.5) is 5.69 Å². The first kappa shape index (κ1) is 12.4. The minimum atomic E-state index is -1.01. The molecule has 0 radical (unpaired) electrons. The summed E-state index contributed by atoms with van der Waals surface area (Å²) in [5.74, 6) is -1.39. The van der Waals surface area contributed by atoms with Crippen LogP contribution in [0.25, 0.3) is 0 Å². The second kappa shape index (κ2) is 4.48. The van der Waals surface area contributed by atoms with E-state index in [4.69, 9.17) is 0 Å². The van der Waals surface area contributed by atoms with Crippen LogP contribution in [0.2, 0.25) is 0 Å². The third kappa shape index (κ3) is 1.85. The highest BCUT2D eigenvalue weighted by Crippen LogP contribution is 2.33. The first-order valence-corrected chi connectivity index (χ1v) is 6.22. The molecule has 0 spiro atoms. The Hall–Kier alpha value is -2.63. The average Bonchev–Trinajstić information content (AvgIpc) is 3.01. The summed E-state index contributed by atoms with van der Waals surface area (Å²) in [5, 5.41) is 13.4. The van der Waals surface area contributed by atoms with Crippen LogP contribution in [0, 0.1) is 0 Å². The first-order valence-electron chi connectivity index (χ1n) is 6.22. The maximum absolute atomic E-state index is 12.5. The molecule has 1 aliphatic heterocycles. The molecule has 3 rings (SSSR count). The van der Waals surface area contributed by atoms with Gasteiger partial charge >= 0.3 is 5.97 Å². The third-order valence-electron chi connectivity index (χ3n) is 3.41. The van der Waals surface area contributed by atoms with Gasteiger partial charge in [-0.25, -0.2) is 4.79 Å². The van der Waals surface area contributed by atoms with Gasteiger partial charge in [0.15, 0.2) is 5.69 Å². The lowest BCUT2D eigenvalue weighted by molar-refractivity contribution is -0.138. The molecule has 2 heterocycles. The molecular weight excluding hydrogens is 258 g/mol. The van der Waals surface area contributed by atoms with Crippen molar-refractivity contribution < 1.29 is 14.7 Å². The number of amides is 1. The summed E-state index contributed by atoms with van der Waals surface area (Å²) in [6.45, 7) is 0. The number of aromatic nitrogens is 2. The Bertz CT molecular complexity index is 692. The number of carbonyl (C=O) groups excluding carboxylic acids is 1. The number of carboxylic acid groups (broad SMARTS) is 1. The number of benzene rings is 1. The van der Waals surface area contributed by atoms with Gasteiger partial charge in [-0.2, -0.15) is 5.10 Å². The van der Waals surface area contributed by atoms with Gasteiger partial charge in [-0.05, 0) is 17.7 Å². The van der Waals surface area contributed by atoms with Crippen molar-refractivity contribution in [3.8, 4) is 0 Å². The van der Waals surface area contributed by atoms with E-state index in [9.17, 15) is 14.7 Å². The molecule has 2 aromatic rings. The van der Waals surface area contributed by atoms with Gasteiger partial charge in [0.05, 0.1) is 0 Å². The lowest BCUT2D eigenvalue weighted by Gasteiger charge is -2.21. The predicted molar refractivity (Wildman–Crippen MR) is 71.6 cm³/mol. The fourth-order valence-corrected chi connectivity index (χ4v) is 2.49. The number of carboxylic acids is 1. The quantitative estimate of drug-likeness (QED) is 0.886. The fourth-order valence-electron chi connectivity index (χ4n) is 2.49. The average molecular weight is 271 g/mol. The van der Waals surface area contributed by atoms with Crippen molar-refractivity contribution in [1.29, 1.82) is 0 Å². The maximum atomic E-state index is 12.5. The fraction of sp³-hybridized carbons (Fsp3) is 0.214. The van der Waals surface area contributed by atoms with Gasteiger partial charge in [-0.3, -0.25) is 14.4 Å². The van der Waals surface area contributed by atoms with Gasteiger partial charge in [0.1, 0.15) is 6.04 Å². The van der Waals surface area contributed by atoms with E-state index in [2.05, 4.69) is 5.10 Å². The summed E-state index contributed by atoms with van der Waals surface area (Å²) < 4.78 is 1.52. The van der Waals surface area contributed by atoms with Gasteiger partial charge in [-0.1, -0.05) is 18.2 Å². The number of rotatable bonds is 2. The highest BCUT2D eigenvalue weighted by molar-refractivity contribution is 6.09. The SMILES string of the molecule is Cn1ccc(C(=O)N2c3ccccc3C[C@H]2C(=O)O)n1. The Labute approximate surface area is 115 Å². The molecule has 0 fully saturated rings. The zero-order chi connectivity index (χ0) is 14.3. The lowest BCUT2D eigenvalue weighted by Crippen LogP contribution is -2.43. The number of para-hydroxylation sites is 1. The minimum Gasteiger partial charge on any atom is -0.480 e. The summed E-state index contributed by atoms with van der Waals surface area (Å²) in [6.07, 6.45) is 1.98. The zero-order valence-electron chi connectivity index (χ0n) is 10.9. The van der Waals surface area contributed by atoms with Crippen molar-refractivity contribution in [2.75, 3.05) is 4.90 Å². The van der Waals surface area contributed by atoms with Crippen molar-refractivity contribution in [2.24, 2.45) is 7.05 Å². The molecule has 0 saturated carbocycles. The Morgan fingerprint density at radius 2 is 2.05 bits per heavy atom. The van der Waals surface area contributed by atoms with E-state index in [-0.39, 0.29) is 11.6 Å². The van der Waals surface area contributed by atoms with Crippen molar-refractivity contribution in [1.82, 2.24) is 9.78 Å². The molecule has 1 aromatic carbocycles. The summed E-state index contributed by atoms with van der Waals surface area (Å²) in [7, 11) is 1.71. The molecule has 1 aromatic heterocycles. The van der Waals surface area contributed by atoms with Gasteiger partial charge in [0, 0.05) is 25.4 Å². The van der Waals surface area contributed by atoms with E-state index in [1.807, 2.05) is 12.1 Å². The Kier molecular flexibility index (Phi) is 2.78. The molecule has 102 valence electrons. The topological polar surface area (TPSA) is 75.4 Å². The molecule has 1 amide bonds. The van der Waals surface area contributed by atoms with E-state index in [0.29, 0.717) is 12.1 Å². The summed E-state index contributed by atoms with van der Waals surface area (Å²) in [5.41, 5.74) is 1.76. The molecule has 0 saturated heterocycles. The van der Waals surface area contributed by atoms with Crippen molar-refractivity contribution in [2.45, 2.75) is 12.5 Å². The van der Waals surface area contributed by atoms with E-state index in [0.717, 1.165) is 5.56 Å². The van der Waals surface area contributed by atoms with Gasteiger partial charge in [0.25, 0.3) is 5.91 Å². The van der Waals surface area contributed by atoms with Gasteiger partial charge < -0.3 is 5.11 Å². The molecule has 6 nitrogen and oxygen atoms in total. The zero-order valence-corrected chi connectivity index (χ0v) is 10.9. The summed E-state index contributed by atoms with van der Waals surface area (Å²) >= 11 is 0. The Balaban J connectivity index is 2.04. The van der Waals surface area contributed by atoms with Crippen LogP contribution < -0.4 is 4.90 Å². The number of aryl methyl sites for hydroxylation is 1. The van der Waals surface area contributed by atoms with E-state index >= 15 is 0 Å². The van der Waals surface area contributed by atoms with Crippen LogP contribution in [-0.2, 0) is 18.3 Å². The minimum absolute atomic E-state index is 0.246. The molecular formula is C14H13N3O3. The van der Waals surface area contributed by atoms with Crippen LogP contribution in [-0.4, -0.2) is 32.8 Å². The van der Waals surface area contributed by atoms with Crippen molar-refractivity contribution in [3.63, 3.8) is 0 Å². The highest BCUT2D eigenvalue weighted by Gasteiger charge is 2.39. The second-order valence-electron chi connectivity index (χ2n) is 4.74. The largest absolute Gasteiger partial charge is 0.480 e. The monoisotopic (exact) mass is 271 g/mol. The Morgan fingerprint density at radius 3 is 2.70 bits per heavy atom. The lowest BCUT2D eigenvalue weighted by atomic mass is 10.1. The molecule has 0 bridgehead atoms. The number of hydrogen-bond donors (Lipinski definition) is 1. The molecule has 1 N–H and O–H groups in total. The van der Waals surface area contributed by atoms with Crippen molar-refractivity contribution >= 4 is 17.6 Å². The normalized spacial score (nSPS) is 17.1. The van der Waals surface area contributed by atoms with Crippen LogP contribution in [0.15, 0.2) is 36.5 Å². The molecule has 1 atom stereocenters. The predicted octanol–water partition coefficient (Wildman–Crippen LogP) is 1.08. The number of hydrogen-bond acceptors (Lipinski definition) is 3. The molecule has 20 heavy (non-hydrogen) atoms. The maximum Gasteiger partial charge on any atom is 0.327 e. The Morgan fingerprint density at radius 1 is 1.30 bits per heavy atom. The number of anilines is 1. The third-order valence-corrected chi connectivity index (χ3v) is 3.41. The van der Waals surface area contributed by atoms with E-state index < -0.39 is 12.0 Å². The van der Waals surface area contributed by atoms with Gasteiger partial charge in [0.2, 0.25) is 0 Å². The molecule has 6 heteroatoms. The number of nitrogens with zero attached hydrogens (tertiary/aromatic N) is 3. The van der Waals surface area contributed by atoms with E-state index in [1.54, 1.807) is 31.4 Å². The smallest absolute Gasteiger partial charge is 0.327 e. The van der Waals surface area contributed by atoms with E-state index in [1.165, 1.54) is 9.58 Å². The van der Waals surface area contributed by atoms with Crippen LogP contribution in [0.5, 0.6) is 0 Å². The van der Waals surface area contributed by atoms with Crippen LogP contribution >= 0.6 is 0 Å². The van der Waals surface area contributed by atoms with Gasteiger partial charge in [-0.15, -0.1) is 0 Å². The number of aliphatic carboxylic acids is 1. The molecule has 1 aliphatic rings. The molecule has 0 unspecified atom stereocenters. The first-order chi connectivity index (χ1) is 9.58. The molecule has 0 aliphatic carbocycles. The van der Waals surface area contributed by atoms with Crippen LogP contribution in [0.1, 0.15) is 16.1 Å². The number of carbonyl (C=O) groups is 2. The summed E-state index contributed by atoms with van der Waals surface area (Å²) in [4.78, 5) is 25.2.